The first kappa shape index (κ1) is 19.7. The lowest BCUT2D eigenvalue weighted by Gasteiger charge is -2.12. The number of hydrogen-bond donors (Lipinski definition) is 1. The minimum Gasteiger partial charge on any atom is -0.242 e. The lowest BCUT2D eigenvalue weighted by molar-refractivity contribution is 0.551. The molecule has 0 atom stereocenters. The third-order valence-electron chi connectivity index (χ3n) is 3.91. The molecule has 8 heteroatoms. The molecule has 0 bridgehead atoms. The van der Waals surface area contributed by atoms with Crippen molar-refractivity contribution in [3.63, 3.8) is 0 Å². The number of nitrogens with zero attached hydrogens (tertiary/aromatic N) is 1. The van der Waals surface area contributed by atoms with Crippen molar-refractivity contribution in [2.75, 3.05) is 6.54 Å². The van der Waals surface area contributed by atoms with Crippen molar-refractivity contribution in [2.24, 2.45) is 5.92 Å². The smallest absolute Gasteiger partial charge is 0.242 e. The van der Waals surface area contributed by atoms with Gasteiger partial charge in [-0.05, 0) is 44.4 Å². The largest absolute Gasteiger partial charge is 0.268 e. The topological polar surface area (TPSA) is 85.2 Å². The first-order valence-electron chi connectivity index (χ1n) is 8.06. The lowest BCUT2D eigenvalue weighted by atomic mass is 10.1. The Labute approximate surface area is 150 Å². The van der Waals surface area contributed by atoms with Crippen LogP contribution in [0.1, 0.15) is 31.7 Å². The number of nitrogens with one attached hydrogen (secondary N) is 1. The van der Waals surface area contributed by atoms with Gasteiger partial charge in [-0.3, -0.25) is 0 Å². The van der Waals surface area contributed by atoms with Gasteiger partial charge in [0.1, 0.15) is 4.90 Å². The molecule has 0 aliphatic carbocycles. The third kappa shape index (κ3) is 4.13. The molecule has 138 valence electrons. The van der Waals surface area contributed by atoms with Crippen molar-refractivity contribution in [3.05, 3.63) is 47.8 Å². The molecule has 0 saturated carbocycles. The highest BCUT2D eigenvalue weighted by molar-refractivity contribution is 7.90. The zero-order valence-corrected chi connectivity index (χ0v) is 16.5. The molecule has 1 aromatic heterocycles. The molecule has 0 spiro atoms. The van der Waals surface area contributed by atoms with E-state index in [1.165, 1.54) is 25.1 Å². The number of rotatable bonds is 7. The average molecular weight is 385 g/mol. The average Bonchev–Trinajstić information content (AvgIpc) is 2.83. The summed E-state index contributed by atoms with van der Waals surface area (Å²) in [6.45, 7) is 7.42. The molecule has 0 radical (unpaired) electrons. The SMILES string of the molecule is Cc1cc(S(=O)(=O)NCCC(C)C)c(C)n1S(=O)(=O)c1ccccc1. The molecule has 0 aliphatic heterocycles. The van der Waals surface area contributed by atoms with Crippen molar-refractivity contribution >= 4 is 20.0 Å². The van der Waals surface area contributed by atoms with Crippen LogP contribution >= 0.6 is 0 Å². The molecule has 2 rings (SSSR count). The fourth-order valence-corrected chi connectivity index (χ4v) is 5.63. The molecule has 25 heavy (non-hydrogen) atoms. The predicted molar refractivity (Wildman–Crippen MR) is 97.6 cm³/mol. The van der Waals surface area contributed by atoms with Gasteiger partial charge in [0.05, 0.1) is 10.6 Å². The molecule has 2 aromatic rings. The second-order valence-electron chi connectivity index (χ2n) is 6.40. The Morgan fingerprint density at radius 3 is 2.20 bits per heavy atom. The van der Waals surface area contributed by atoms with E-state index in [0.717, 1.165) is 3.97 Å². The standard InChI is InChI=1S/C17H24N2O4S2/c1-13(2)10-11-18-24(20,21)17-12-14(3)19(15(17)4)25(22,23)16-8-6-5-7-9-16/h5-9,12-13,18H,10-11H2,1-4H3. The quantitative estimate of drug-likeness (QED) is 0.795. The number of aryl methyl sites for hydroxylation is 1. The van der Waals surface area contributed by atoms with E-state index in [9.17, 15) is 16.8 Å². The molecule has 6 nitrogen and oxygen atoms in total. The Balaban J connectivity index is 2.45. The summed E-state index contributed by atoms with van der Waals surface area (Å²) in [7, 11) is -7.62. The van der Waals surface area contributed by atoms with Gasteiger partial charge < -0.3 is 0 Å². The maximum Gasteiger partial charge on any atom is 0.268 e. The van der Waals surface area contributed by atoms with Crippen molar-refractivity contribution in [1.82, 2.24) is 8.69 Å². The van der Waals surface area contributed by atoms with Gasteiger partial charge in [0.25, 0.3) is 10.0 Å². The fraction of sp³-hybridized carbons (Fsp3) is 0.412. The Hall–Kier alpha value is -1.64. The van der Waals surface area contributed by atoms with E-state index in [1.54, 1.807) is 25.1 Å². The van der Waals surface area contributed by atoms with Crippen LogP contribution < -0.4 is 4.72 Å². The first-order valence-corrected chi connectivity index (χ1v) is 11.0. The van der Waals surface area contributed by atoms with Gasteiger partial charge in [-0.25, -0.2) is 25.5 Å². The second kappa shape index (κ2) is 7.31. The summed E-state index contributed by atoms with van der Waals surface area (Å²) in [5.41, 5.74) is 0.531. The van der Waals surface area contributed by atoms with Crippen molar-refractivity contribution in [1.29, 1.82) is 0 Å². The molecular formula is C17H24N2O4S2. The summed E-state index contributed by atoms with van der Waals surface area (Å²) in [5, 5.41) is 0. The van der Waals surface area contributed by atoms with Crippen LogP contribution in [0.25, 0.3) is 0 Å². The summed E-state index contributed by atoms with van der Waals surface area (Å²) >= 11 is 0. The van der Waals surface area contributed by atoms with Gasteiger partial charge in [-0.15, -0.1) is 0 Å². The normalized spacial score (nSPS) is 12.7. The van der Waals surface area contributed by atoms with Crippen LogP contribution in [-0.4, -0.2) is 27.4 Å². The summed E-state index contributed by atoms with van der Waals surface area (Å²) in [6, 6.07) is 9.36. The Bertz CT molecular complexity index is 944. The van der Waals surface area contributed by atoms with E-state index in [1.807, 2.05) is 13.8 Å². The minimum atomic E-state index is -3.85. The molecular weight excluding hydrogens is 360 g/mol. The lowest BCUT2D eigenvalue weighted by Crippen LogP contribution is -2.26. The van der Waals surface area contributed by atoms with E-state index in [0.29, 0.717) is 24.6 Å². The number of hydrogen-bond acceptors (Lipinski definition) is 4. The van der Waals surface area contributed by atoms with Gasteiger partial charge in [0, 0.05) is 12.2 Å². The summed E-state index contributed by atoms with van der Waals surface area (Å²) in [4.78, 5) is 0.113. The van der Waals surface area contributed by atoms with E-state index in [-0.39, 0.29) is 15.5 Å². The third-order valence-corrected chi connectivity index (χ3v) is 7.39. The molecule has 1 heterocycles. The Morgan fingerprint density at radius 2 is 1.64 bits per heavy atom. The fourth-order valence-electron chi connectivity index (χ4n) is 2.62. The van der Waals surface area contributed by atoms with Crippen LogP contribution in [0, 0.1) is 19.8 Å². The zero-order valence-electron chi connectivity index (χ0n) is 14.9. The van der Waals surface area contributed by atoms with Gasteiger partial charge in [-0.2, -0.15) is 0 Å². The van der Waals surface area contributed by atoms with Crippen molar-refractivity contribution in [3.8, 4) is 0 Å². The predicted octanol–water partition coefficient (Wildman–Crippen LogP) is 2.67. The molecule has 0 amide bonds. The van der Waals surface area contributed by atoms with E-state index in [2.05, 4.69) is 4.72 Å². The van der Waals surface area contributed by atoms with E-state index >= 15 is 0 Å². The van der Waals surface area contributed by atoms with E-state index < -0.39 is 20.0 Å². The number of benzene rings is 1. The molecule has 1 N–H and O–H groups in total. The van der Waals surface area contributed by atoms with Gasteiger partial charge in [-0.1, -0.05) is 32.0 Å². The van der Waals surface area contributed by atoms with Crippen LogP contribution in [0.3, 0.4) is 0 Å². The highest BCUT2D eigenvalue weighted by Crippen LogP contribution is 2.25. The molecule has 0 saturated heterocycles. The van der Waals surface area contributed by atoms with Crippen molar-refractivity contribution in [2.45, 2.75) is 43.9 Å². The molecule has 0 unspecified atom stereocenters. The highest BCUT2D eigenvalue weighted by Gasteiger charge is 2.27. The maximum absolute atomic E-state index is 12.9. The van der Waals surface area contributed by atoms with E-state index in [4.69, 9.17) is 0 Å². The Kier molecular flexibility index (Phi) is 5.75. The van der Waals surface area contributed by atoms with Gasteiger partial charge in [0.15, 0.2) is 0 Å². The van der Waals surface area contributed by atoms with Gasteiger partial charge >= 0.3 is 0 Å². The van der Waals surface area contributed by atoms with Crippen LogP contribution in [0.15, 0.2) is 46.2 Å². The molecule has 0 fully saturated rings. The number of aromatic nitrogens is 1. The van der Waals surface area contributed by atoms with Crippen LogP contribution in [0.5, 0.6) is 0 Å². The van der Waals surface area contributed by atoms with Crippen molar-refractivity contribution < 1.29 is 16.8 Å². The monoisotopic (exact) mass is 384 g/mol. The first-order chi connectivity index (χ1) is 11.6. The second-order valence-corrected chi connectivity index (χ2v) is 9.92. The summed E-state index contributed by atoms with van der Waals surface area (Å²) in [6.07, 6.45) is 0.709. The van der Waals surface area contributed by atoms with Gasteiger partial charge in [0.2, 0.25) is 10.0 Å². The summed E-state index contributed by atoms with van der Waals surface area (Å²) in [5.74, 6) is 0.369. The number of sulfonamides is 1. The minimum absolute atomic E-state index is 0.00624. The van der Waals surface area contributed by atoms with Crippen LogP contribution in [0.2, 0.25) is 0 Å². The van der Waals surface area contributed by atoms with Crippen LogP contribution in [-0.2, 0) is 20.0 Å². The van der Waals surface area contributed by atoms with Crippen LogP contribution in [0.4, 0.5) is 0 Å². The highest BCUT2D eigenvalue weighted by atomic mass is 32.2. The summed E-state index contributed by atoms with van der Waals surface area (Å²) < 4.78 is 54.4. The zero-order chi connectivity index (χ0) is 18.8. The Morgan fingerprint density at radius 1 is 1.04 bits per heavy atom. The molecule has 1 aromatic carbocycles. The maximum atomic E-state index is 12.9. The molecule has 0 aliphatic rings.